The van der Waals surface area contributed by atoms with E-state index in [0.717, 1.165) is 0 Å². The van der Waals surface area contributed by atoms with Crippen LogP contribution in [0.15, 0.2) is 29.2 Å². The lowest BCUT2D eigenvalue weighted by molar-refractivity contribution is -0.0426. The van der Waals surface area contributed by atoms with Crippen LogP contribution in [0.4, 0.5) is 5.69 Å². The van der Waals surface area contributed by atoms with Gasteiger partial charge in [0, 0.05) is 18.8 Å². The van der Waals surface area contributed by atoms with E-state index in [-0.39, 0.29) is 18.0 Å². The Kier molecular flexibility index (Phi) is 2.45. The third-order valence-electron chi connectivity index (χ3n) is 2.55. The largest absolute Gasteiger partial charge is 0.399 e. The predicted octanol–water partition coefficient (Wildman–Crippen LogP) is 0.0241. The Hall–Kier alpha value is -1.11. The summed E-state index contributed by atoms with van der Waals surface area (Å²) in [5, 5.41) is 9.51. The fraction of sp³-hybridized carbons (Fsp3) is 0.400. The minimum atomic E-state index is -3.47. The van der Waals surface area contributed by atoms with Gasteiger partial charge in [-0.3, -0.25) is 0 Å². The molecule has 2 rings (SSSR count). The van der Waals surface area contributed by atoms with Crippen molar-refractivity contribution in [1.29, 1.82) is 0 Å². The van der Waals surface area contributed by atoms with Gasteiger partial charge in [-0.25, -0.2) is 8.42 Å². The maximum atomic E-state index is 12.0. The number of nitrogens with two attached hydrogens (primary N) is 1. The molecule has 1 aliphatic rings. The third-order valence-corrected chi connectivity index (χ3v) is 4.36. The molecule has 0 bridgehead atoms. The van der Waals surface area contributed by atoms with Crippen molar-refractivity contribution in [1.82, 2.24) is 4.31 Å². The van der Waals surface area contributed by atoms with Crippen molar-refractivity contribution < 1.29 is 13.5 Å². The number of nitrogen functional groups attached to an aromatic ring is 1. The summed E-state index contributed by atoms with van der Waals surface area (Å²) in [4.78, 5) is 0.206. The molecule has 1 aliphatic heterocycles. The molecule has 16 heavy (non-hydrogen) atoms. The topological polar surface area (TPSA) is 83.6 Å². The molecule has 1 aromatic carbocycles. The van der Waals surface area contributed by atoms with E-state index in [4.69, 9.17) is 5.73 Å². The van der Waals surface area contributed by atoms with E-state index in [0.29, 0.717) is 5.69 Å². The Labute approximate surface area is 94.5 Å². The van der Waals surface area contributed by atoms with Crippen molar-refractivity contribution >= 4 is 15.7 Å². The first kappa shape index (κ1) is 11.4. The fourth-order valence-electron chi connectivity index (χ4n) is 1.67. The van der Waals surface area contributed by atoms with Gasteiger partial charge in [-0.15, -0.1) is 0 Å². The third kappa shape index (κ3) is 1.91. The van der Waals surface area contributed by atoms with Gasteiger partial charge in [0.2, 0.25) is 10.0 Å². The summed E-state index contributed by atoms with van der Waals surface area (Å²) < 4.78 is 25.2. The summed E-state index contributed by atoms with van der Waals surface area (Å²) in [6.45, 7) is 1.89. The molecule has 1 saturated heterocycles. The second-order valence-electron chi connectivity index (χ2n) is 4.34. The quantitative estimate of drug-likeness (QED) is 0.716. The number of hydrogen-bond donors (Lipinski definition) is 2. The van der Waals surface area contributed by atoms with E-state index in [9.17, 15) is 13.5 Å². The van der Waals surface area contributed by atoms with Gasteiger partial charge >= 0.3 is 0 Å². The Morgan fingerprint density at radius 1 is 1.31 bits per heavy atom. The molecule has 0 spiro atoms. The summed E-state index contributed by atoms with van der Waals surface area (Å²) in [7, 11) is -3.47. The second-order valence-corrected chi connectivity index (χ2v) is 6.28. The van der Waals surface area contributed by atoms with Crippen molar-refractivity contribution in [2.45, 2.75) is 17.4 Å². The summed E-state index contributed by atoms with van der Waals surface area (Å²) in [6, 6.07) is 6.03. The van der Waals surface area contributed by atoms with E-state index in [1.165, 1.54) is 16.4 Å². The highest BCUT2D eigenvalue weighted by Crippen LogP contribution is 2.27. The van der Waals surface area contributed by atoms with Crippen LogP contribution in [0.5, 0.6) is 0 Å². The van der Waals surface area contributed by atoms with Crippen molar-refractivity contribution in [3.05, 3.63) is 24.3 Å². The number of β-amino-alcohol motifs (C(OH)–C–C–N with tert-alkyl or cyclic N) is 1. The highest BCUT2D eigenvalue weighted by Gasteiger charge is 2.43. The first-order valence-corrected chi connectivity index (χ1v) is 6.33. The molecule has 1 heterocycles. The number of anilines is 1. The zero-order valence-electron chi connectivity index (χ0n) is 8.92. The summed E-state index contributed by atoms with van der Waals surface area (Å²) >= 11 is 0. The molecular weight excluding hydrogens is 228 g/mol. The van der Waals surface area contributed by atoms with Crippen molar-refractivity contribution in [3.63, 3.8) is 0 Å². The molecule has 5 nitrogen and oxygen atoms in total. The van der Waals surface area contributed by atoms with Gasteiger partial charge in [0.15, 0.2) is 0 Å². The summed E-state index contributed by atoms with van der Waals surface area (Å²) in [5.41, 5.74) is 5.11. The molecule has 88 valence electrons. The highest BCUT2D eigenvalue weighted by atomic mass is 32.2. The van der Waals surface area contributed by atoms with Gasteiger partial charge in [0.25, 0.3) is 0 Å². The van der Waals surface area contributed by atoms with E-state index >= 15 is 0 Å². The Balaban J connectivity index is 2.24. The number of nitrogens with zero attached hydrogens (tertiary/aromatic N) is 1. The average molecular weight is 242 g/mol. The molecule has 0 aliphatic carbocycles. The van der Waals surface area contributed by atoms with E-state index in [1.54, 1.807) is 19.1 Å². The smallest absolute Gasteiger partial charge is 0.243 e. The van der Waals surface area contributed by atoms with Gasteiger partial charge in [-0.2, -0.15) is 4.31 Å². The lowest BCUT2D eigenvalue weighted by Crippen LogP contribution is -2.61. The highest BCUT2D eigenvalue weighted by molar-refractivity contribution is 7.89. The van der Waals surface area contributed by atoms with Crippen LogP contribution in [-0.2, 0) is 10.0 Å². The SMILES string of the molecule is CC1(O)CN(S(=O)(=O)c2ccc(N)cc2)C1. The van der Waals surface area contributed by atoms with Crippen LogP contribution in [0.2, 0.25) is 0 Å². The number of hydrogen-bond acceptors (Lipinski definition) is 4. The number of aliphatic hydroxyl groups is 1. The zero-order valence-corrected chi connectivity index (χ0v) is 9.74. The molecule has 0 unspecified atom stereocenters. The predicted molar refractivity (Wildman–Crippen MR) is 60.2 cm³/mol. The van der Waals surface area contributed by atoms with Crippen LogP contribution in [0.3, 0.4) is 0 Å². The van der Waals surface area contributed by atoms with E-state index < -0.39 is 15.6 Å². The van der Waals surface area contributed by atoms with E-state index in [2.05, 4.69) is 0 Å². The van der Waals surface area contributed by atoms with Gasteiger partial charge in [0.05, 0.1) is 10.5 Å². The van der Waals surface area contributed by atoms with Crippen LogP contribution in [0, 0.1) is 0 Å². The number of benzene rings is 1. The normalized spacial score (nSPS) is 20.4. The molecule has 0 amide bonds. The first-order valence-electron chi connectivity index (χ1n) is 4.89. The summed E-state index contributed by atoms with van der Waals surface area (Å²) in [6.07, 6.45) is 0. The fourth-order valence-corrected chi connectivity index (χ4v) is 3.35. The Morgan fingerprint density at radius 2 is 1.81 bits per heavy atom. The van der Waals surface area contributed by atoms with Crippen LogP contribution >= 0.6 is 0 Å². The second kappa shape index (κ2) is 3.44. The molecule has 1 aromatic rings. The van der Waals surface area contributed by atoms with Crippen LogP contribution < -0.4 is 5.73 Å². The lowest BCUT2D eigenvalue weighted by Gasteiger charge is -2.42. The minimum Gasteiger partial charge on any atom is -0.399 e. The molecule has 6 heteroatoms. The Bertz CT molecular complexity index is 485. The van der Waals surface area contributed by atoms with Crippen molar-refractivity contribution in [2.24, 2.45) is 0 Å². The molecular formula is C10H14N2O3S. The number of sulfonamides is 1. The minimum absolute atomic E-state index is 0.139. The molecule has 0 atom stereocenters. The monoisotopic (exact) mass is 242 g/mol. The van der Waals surface area contributed by atoms with Gasteiger partial charge in [0.1, 0.15) is 0 Å². The van der Waals surface area contributed by atoms with Gasteiger partial charge in [-0.05, 0) is 31.2 Å². The number of rotatable bonds is 2. The maximum absolute atomic E-state index is 12.0. The van der Waals surface area contributed by atoms with Crippen LogP contribution in [0.25, 0.3) is 0 Å². The first-order chi connectivity index (χ1) is 7.31. The van der Waals surface area contributed by atoms with Gasteiger partial charge in [-0.1, -0.05) is 0 Å². The standard InChI is InChI=1S/C10H14N2O3S/c1-10(13)6-12(7-10)16(14,15)9-4-2-8(11)3-5-9/h2-5,13H,6-7,11H2,1H3. The maximum Gasteiger partial charge on any atom is 0.243 e. The molecule has 0 radical (unpaired) electrons. The van der Waals surface area contributed by atoms with Crippen molar-refractivity contribution in [3.8, 4) is 0 Å². The van der Waals surface area contributed by atoms with Crippen LogP contribution in [-0.4, -0.2) is 36.5 Å². The van der Waals surface area contributed by atoms with Gasteiger partial charge < -0.3 is 10.8 Å². The van der Waals surface area contributed by atoms with Crippen LogP contribution in [0.1, 0.15) is 6.92 Å². The average Bonchev–Trinajstić information content (AvgIpc) is 2.14. The molecule has 3 N–H and O–H groups in total. The molecule has 1 fully saturated rings. The lowest BCUT2D eigenvalue weighted by atomic mass is 10.0. The summed E-state index contributed by atoms with van der Waals surface area (Å²) in [5.74, 6) is 0. The molecule has 0 saturated carbocycles. The zero-order chi connectivity index (χ0) is 12.0. The van der Waals surface area contributed by atoms with E-state index in [1.807, 2.05) is 0 Å². The molecule has 0 aromatic heterocycles. The Morgan fingerprint density at radius 3 is 2.25 bits per heavy atom. The van der Waals surface area contributed by atoms with Crippen molar-refractivity contribution in [2.75, 3.05) is 18.8 Å².